The third-order valence-corrected chi connectivity index (χ3v) is 6.05. The van der Waals surface area contributed by atoms with Crippen LogP contribution in [0.5, 0.6) is 0 Å². The smallest absolute Gasteiger partial charge is 0.251 e. The van der Waals surface area contributed by atoms with Gasteiger partial charge < -0.3 is 9.88 Å². The van der Waals surface area contributed by atoms with Gasteiger partial charge in [0.1, 0.15) is 6.54 Å². The van der Waals surface area contributed by atoms with Gasteiger partial charge in [0.2, 0.25) is 5.91 Å². The average Bonchev–Trinajstić information content (AvgIpc) is 2.98. The number of hydrogen-bond donors (Lipinski definition) is 1. The summed E-state index contributed by atoms with van der Waals surface area (Å²) in [5, 5.41) is 4.89. The number of anilines is 1. The summed E-state index contributed by atoms with van der Waals surface area (Å²) in [4.78, 5) is 29.6. The van der Waals surface area contributed by atoms with Crippen LogP contribution in [0.4, 0.5) is 5.69 Å². The number of rotatable bonds is 5. The molecular weight excluding hydrogens is 434 g/mol. The molecule has 0 aliphatic rings. The molecule has 0 aliphatic heterocycles. The summed E-state index contributed by atoms with van der Waals surface area (Å²) in [6.45, 7) is 3.88. The van der Waals surface area contributed by atoms with E-state index in [-0.39, 0.29) is 18.0 Å². The molecule has 0 unspecified atom stereocenters. The van der Waals surface area contributed by atoms with E-state index < -0.39 is 0 Å². The Morgan fingerprint density at radius 2 is 2.12 bits per heavy atom. The highest BCUT2D eigenvalue weighted by Crippen LogP contribution is 2.32. The number of pyridine rings is 1. The third-order valence-electron chi connectivity index (χ3n) is 3.54. The first-order valence-corrected chi connectivity index (χ1v) is 10.3. The van der Waals surface area contributed by atoms with Crippen molar-refractivity contribution >= 4 is 50.6 Å². The van der Waals surface area contributed by atoms with Gasteiger partial charge in [-0.25, -0.2) is 4.98 Å². The summed E-state index contributed by atoms with van der Waals surface area (Å²) in [7, 11) is 0. The lowest BCUT2D eigenvalue weighted by Crippen LogP contribution is -2.26. The van der Waals surface area contributed by atoms with Crippen molar-refractivity contribution in [3.63, 3.8) is 0 Å². The molecule has 1 aromatic carbocycles. The summed E-state index contributed by atoms with van der Waals surface area (Å²) in [6.07, 6.45) is 1.60. The average molecular weight is 450 g/mol. The maximum absolute atomic E-state index is 12.3. The molecule has 2 heterocycles. The normalized spacial score (nSPS) is 10.7. The molecule has 0 aliphatic carbocycles. The predicted molar refractivity (Wildman–Crippen MR) is 109 cm³/mol. The fourth-order valence-corrected chi connectivity index (χ4v) is 4.58. The van der Waals surface area contributed by atoms with Crippen LogP contribution >= 0.6 is 39.0 Å². The summed E-state index contributed by atoms with van der Waals surface area (Å²) in [6, 6.07) is 8.92. The molecule has 0 saturated heterocycles. The molecule has 0 bridgehead atoms. The quantitative estimate of drug-likeness (QED) is 0.623. The highest BCUT2D eigenvalue weighted by Gasteiger charge is 2.09. The number of aryl methyl sites for hydroxylation is 2. The van der Waals surface area contributed by atoms with Gasteiger partial charge in [-0.15, -0.1) is 11.3 Å². The monoisotopic (exact) mass is 449 g/mol. The molecule has 1 amide bonds. The van der Waals surface area contributed by atoms with Crippen LogP contribution in [0.2, 0.25) is 0 Å². The zero-order valence-electron chi connectivity index (χ0n) is 14.2. The van der Waals surface area contributed by atoms with Gasteiger partial charge in [-0.05, 0) is 59.6 Å². The highest BCUT2D eigenvalue weighted by atomic mass is 79.9. The van der Waals surface area contributed by atoms with Crippen molar-refractivity contribution in [2.75, 3.05) is 5.32 Å². The molecule has 0 atom stereocenters. The number of halogens is 1. The van der Waals surface area contributed by atoms with Crippen molar-refractivity contribution in [2.24, 2.45) is 0 Å². The van der Waals surface area contributed by atoms with Gasteiger partial charge in [-0.3, -0.25) is 9.59 Å². The lowest BCUT2D eigenvalue weighted by atomic mass is 10.2. The molecule has 2 aromatic heterocycles. The van der Waals surface area contributed by atoms with Gasteiger partial charge in [0.15, 0.2) is 4.34 Å². The molecule has 0 saturated carbocycles. The summed E-state index contributed by atoms with van der Waals surface area (Å²) < 4.78 is 3.11. The predicted octanol–water partition coefficient (Wildman–Crippen LogP) is 4.47. The number of carbonyl (C=O) groups is 1. The standard InChI is InChI=1S/C18H16BrN3O2S2/c1-11-7-14(26-18-20-12(2)10-25-18)4-5-15(11)21-16(23)9-22-8-13(19)3-6-17(22)24/h3-8,10H,9H2,1-2H3,(H,21,23). The van der Waals surface area contributed by atoms with Gasteiger partial charge in [0.05, 0.1) is 0 Å². The van der Waals surface area contributed by atoms with Crippen LogP contribution in [0.15, 0.2) is 60.4 Å². The van der Waals surface area contributed by atoms with Gasteiger partial charge in [-0.1, -0.05) is 11.8 Å². The first-order valence-electron chi connectivity index (χ1n) is 7.77. The van der Waals surface area contributed by atoms with Gasteiger partial charge >= 0.3 is 0 Å². The molecule has 0 radical (unpaired) electrons. The summed E-state index contributed by atoms with van der Waals surface area (Å²) >= 11 is 6.52. The van der Waals surface area contributed by atoms with Crippen LogP contribution in [0.1, 0.15) is 11.3 Å². The maximum Gasteiger partial charge on any atom is 0.251 e. The summed E-state index contributed by atoms with van der Waals surface area (Å²) in [5.41, 5.74) is 2.49. The largest absolute Gasteiger partial charge is 0.324 e. The molecule has 3 aromatic rings. The van der Waals surface area contributed by atoms with E-state index in [2.05, 4.69) is 26.2 Å². The molecule has 5 nitrogen and oxygen atoms in total. The van der Waals surface area contributed by atoms with E-state index in [9.17, 15) is 9.59 Å². The number of aromatic nitrogens is 2. The SMILES string of the molecule is Cc1csc(Sc2ccc(NC(=O)Cn3cc(Br)ccc3=O)c(C)c2)n1. The number of nitrogens with one attached hydrogen (secondary N) is 1. The molecule has 3 rings (SSSR count). The Morgan fingerprint density at radius 3 is 2.81 bits per heavy atom. The Kier molecular flexibility index (Phi) is 5.95. The third kappa shape index (κ3) is 4.84. The van der Waals surface area contributed by atoms with Crippen molar-refractivity contribution in [3.05, 3.63) is 68.0 Å². The number of nitrogens with zero attached hydrogens (tertiary/aromatic N) is 2. The molecule has 26 heavy (non-hydrogen) atoms. The van der Waals surface area contributed by atoms with Crippen LogP contribution in [0, 0.1) is 13.8 Å². The number of carbonyl (C=O) groups excluding carboxylic acids is 1. The Morgan fingerprint density at radius 1 is 1.31 bits per heavy atom. The highest BCUT2D eigenvalue weighted by molar-refractivity contribution is 9.10. The van der Waals surface area contributed by atoms with Crippen molar-refractivity contribution in [2.45, 2.75) is 29.6 Å². The molecule has 0 fully saturated rings. The van der Waals surface area contributed by atoms with Crippen LogP contribution in [-0.2, 0) is 11.3 Å². The Hall–Kier alpha value is -1.90. The van der Waals surface area contributed by atoms with Crippen LogP contribution < -0.4 is 10.9 Å². The van der Waals surface area contributed by atoms with E-state index >= 15 is 0 Å². The van der Waals surface area contributed by atoms with Crippen LogP contribution in [0.3, 0.4) is 0 Å². The second kappa shape index (κ2) is 8.20. The Labute approximate surface area is 167 Å². The molecule has 134 valence electrons. The number of benzene rings is 1. The first-order chi connectivity index (χ1) is 12.4. The van der Waals surface area contributed by atoms with E-state index in [1.54, 1.807) is 35.4 Å². The van der Waals surface area contributed by atoms with Crippen molar-refractivity contribution in [3.8, 4) is 0 Å². The van der Waals surface area contributed by atoms with Gasteiger partial charge in [0, 0.05) is 38.4 Å². The van der Waals surface area contributed by atoms with Crippen LogP contribution in [-0.4, -0.2) is 15.5 Å². The fourth-order valence-electron chi connectivity index (χ4n) is 2.29. The number of hydrogen-bond acceptors (Lipinski definition) is 5. The van der Waals surface area contributed by atoms with Crippen molar-refractivity contribution < 1.29 is 4.79 Å². The van der Waals surface area contributed by atoms with E-state index in [1.165, 1.54) is 10.6 Å². The second-order valence-electron chi connectivity index (χ2n) is 5.70. The van der Waals surface area contributed by atoms with E-state index in [4.69, 9.17) is 0 Å². The van der Waals surface area contributed by atoms with E-state index in [1.807, 2.05) is 37.4 Å². The van der Waals surface area contributed by atoms with E-state index in [0.717, 1.165) is 30.7 Å². The Bertz CT molecular complexity index is 1010. The molecule has 1 N–H and O–H groups in total. The first kappa shape index (κ1) is 18.9. The van der Waals surface area contributed by atoms with E-state index in [0.29, 0.717) is 0 Å². The zero-order valence-corrected chi connectivity index (χ0v) is 17.4. The number of amides is 1. The minimum absolute atomic E-state index is 0.0351. The minimum atomic E-state index is -0.246. The molecule has 8 heteroatoms. The van der Waals surface area contributed by atoms with Gasteiger partial charge in [-0.2, -0.15) is 0 Å². The lowest BCUT2D eigenvalue weighted by molar-refractivity contribution is -0.116. The lowest BCUT2D eigenvalue weighted by Gasteiger charge is -2.11. The summed E-state index contributed by atoms with van der Waals surface area (Å²) in [5.74, 6) is -0.246. The fraction of sp³-hybridized carbons (Fsp3) is 0.167. The van der Waals surface area contributed by atoms with Gasteiger partial charge in [0.25, 0.3) is 5.56 Å². The maximum atomic E-state index is 12.3. The number of thiazole rings is 1. The zero-order chi connectivity index (χ0) is 18.7. The second-order valence-corrected chi connectivity index (χ2v) is 8.79. The topological polar surface area (TPSA) is 64.0 Å². The minimum Gasteiger partial charge on any atom is -0.324 e. The van der Waals surface area contributed by atoms with Crippen molar-refractivity contribution in [1.29, 1.82) is 0 Å². The van der Waals surface area contributed by atoms with Crippen molar-refractivity contribution in [1.82, 2.24) is 9.55 Å². The molecule has 0 spiro atoms. The Balaban J connectivity index is 1.68. The molecular formula is C18H16BrN3O2S2. The van der Waals surface area contributed by atoms with Crippen LogP contribution in [0.25, 0.3) is 0 Å².